The molecule has 0 atom stereocenters. The van der Waals surface area contributed by atoms with Crippen LogP contribution in [0.5, 0.6) is 5.75 Å². The lowest BCUT2D eigenvalue weighted by atomic mass is 10.1. The number of amides is 1. The van der Waals surface area contributed by atoms with Crippen LogP contribution >= 0.6 is 0 Å². The first-order valence-electron chi connectivity index (χ1n) is 7.22. The Morgan fingerprint density at radius 2 is 1.56 bits per heavy atom. The number of ether oxygens (including phenoxy) is 1. The summed E-state index contributed by atoms with van der Waals surface area (Å²) in [5.41, 5.74) is -3.67. The normalized spacial score (nSPS) is 11.6. The van der Waals surface area contributed by atoms with E-state index in [1.165, 1.54) is 18.2 Å². The van der Waals surface area contributed by atoms with E-state index in [2.05, 4.69) is 0 Å². The fourth-order valence-corrected chi connectivity index (χ4v) is 2.05. The SMILES string of the molecule is N#Cc1ccccc1OCC(=O)Nc1cc(C(F)(F)F)cc(C(F)(F)F)c1. The topological polar surface area (TPSA) is 62.1 Å². The third-order valence-electron chi connectivity index (χ3n) is 3.24. The van der Waals surface area contributed by atoms with Crippen LogP contribution in [0.15, 0.2) is 42.5 Å². The summed E-state index contributed by atoms with van der Waals surface area (Å²) >= 11 is 0. The highest BCUT2D eigenvalue weighted by molar-refractivity contribution is 5.92. The van der Waals surface area contributed by atoms with Gasteiger partial charge in [-0.25, -0.2) is 0 Å². The highest BCUT2D eigenvalue weighted by atomic mass is 19.4. The molecule has 0 radical (unpaired) electrons. The molecule has 2 aromatic rings. The molecule has 0 aromatic heterocycles. The van der Waals surface area contributed by atoms with Gasteiger partial charge in [-0.05, 0) is 30.3 Å². The standard InChI is InChI=1S/C17H10F6N2O2/c18-16(19,20)11-5-12(17(21,22)23)7-13(6-11)25-15(26)9-27-14-4-2-1-3-10(14)8-24/h1-7H,9H2,(H,25,26). The van der Waals surface area contributed by atoms with Gasteiger partial charge in [0.2, 0.25) is 0 Å². The lowest BCUT2D eigenvalue weighted by Crippen LogP contribution is -2.21. The number of rotatable bonds is 4. The molecule has 0 fully saturated rings. The van der Waals surface area contributed by atoms with E-state index in [0.29, 0.717) is 12.1 Å². The van der Waals surface area contributed by atoms with Gasteiger partial charge in [-0.1, -0.05) is 12.1 Å². The Kier molecular flexibility index (Phi) is 5.64. The molecule has 0 aliphatic heterocycles. The maximum atomic E-state index is 12.8. The fourth-order valence-electron chi connectivity index (χ4n) is 2.05. The van der Waals surface area contributed by atoms with Crippen molar-refractivity contribution in [3.8, 4) is 11.8 Å². The fraction of sp³-hybridized carbons (Fsp3) is 0.176. The average Bonchev–Trinajstić information content (AvgIpc) is 2.58. The zero-order chi connectivity index (χ0) is 20.2. The lowest BCUT2D eigenvalue weighted by molar-refractivity contribution is -0.143. The van der Waals surface area contributed by atoms with Crippen LogP contribution in [-0.4, -0.2) is 12.5 Å². The minimum Gasteiger partial charge on any atom is -0.482 e. The van der Waals surface area contributed by atoms with Crippen LogP contribution in [0.25, 0.3) is 0 Å². The molecular formula is C17H10F6N2O2. The van der Waals surface area contributed by atoms with Crippen molar-refractivity contribution in [3.05, 3.63) is 59.2 Å². The molecule has 4 nitrogen and oxygen atoms in total. The van der Waals surface area contributed by atoms with Crippen LogP contribution in [0, 0.1) is 11.3 Å². The molecule has 27 heavy (non-hydrogen) atoms. The number of alkyl halides is 6. The molecular weight excluding hydrogens is 378 g/mol. The molecule has 0 bridgehead atoms. The molecule has 0 unspecified atom stereocenters. The molecule has 0 saturated heterocycles. The number of hydrogen-bond donors (Lipinski definition) is 1. The van der Waals surface area contributed by atoms with Gasteiger partial charge in [-0.2, -0.15) is 31.6 Å². The molecule has 0 aliphatic rings. The van der Waals surface area contributed by atoms with E-state index in [0.717, 1.165) is 0 Å². The van der Waals surface area contributed by atoms with Gasteiger partial charge >= 0.3 is 12.4 Å². The molecule has 0 spiro atoms. The van der Waals surface area contributed by atoms with Gasteiger partial charge in [-0.15, -0.1) is 0 Å². The number of hydrogen-bond acceptors (Lipinski definition) is 3. The highest BCUT2D eigenvalue weighted by Gasteiger charge is 2.37. The van der Waals surface area contributed by atoms with Crippen molar-refractivity contribution >= 4 is 11.6 Å². The van der Waals surface area contributed by atoms with Gasteiger partial charge in [-0.3, -0.25) is 4.79 Å². The van der Waals surface area contributed by atoms with Crippen molar-refractivity contribution in [2.24, 2.45) is 0 Å². The number of carbonyl (C=O) groups excluding carboxylic acids is 1. The molecule has 1 amide bonds. The zero-order valence-electron chi connectivity index (χ0n) is 13.3. The third kappa shape index (κ3) is 5.37. The van der Waals surface area contributed by atoms with Crippen LogP contribution in [0.1, 0.15) is 16.7 Å². The first-order valence-corrected chi connectivity index (χ1v) is 7.22. The average molecular weight is 388 g/mol. The van der Waals surface area contributed by atoms with Gasteiger partial charge in [0.15, 0.2) is 6.61 Å². The molecule has 2 rings (SSSR count). The summed E-state index contributed by atoms with van der Waals surface area (Å²) < 4.78 is 81.8. The number of nitrogens with one attached hydrogen (secondary N) is 1. The number of halogens is 6. The van der Waals surface area contributed by atoms with Crippen LogP contribution in [0.3, 0.4) is 0 Å². The molecule has 0 heterocycles. The number of anilines is 1. The molecule has 0 saturated carbocycles. The lowest BCUT2D eigenvalue weighted by Gasteiger charge is -2.15. The van der Waals surface area contributed by atoms with Crippen LogP contribution in [-0.2, 0) is 17.1 Å². The van der Waals surface area contributed by atoms with Gasteiger partial charge in [0.1, 0.15) is 11.8 Å². The smallest absolute Gasteiger partial charge is 0.416 e. The summed E-state index contributed by atoms with van der Waals surface area (Å²) in [6.07, 6.45) is -10.0. The summed E-state index contributed by atoms with van der Waals surface area (Å²) in [4.78, 5) is 11.8. The van der Waals surface area contributed by atoms with Crippen molar-refractivity contribution in [3.63, 3.8) is 0 Å². The second-order valence-electron chi connectivity index (χ2n) is 5.24. The Morgan fingerprint density at radius 1 is 1.00 bits per heavy atom. The van der Waals surface area contributed by atoms with E-state index in [4.69, 9.17) is 10.00 Å². The number of carbonyl (C=O) groups is 1. The number of nitrogens with zero attached hydrogens (tertiary/aromatic N) is 1. The van der Waals surface area contributed by atoms with E-state index in [1.54, 1.807) is 6.07 Å². The minimum absolute atomic E-state index is 0.0463. The Balaban J connectivity index is 2.18. The Morgan fingerprint density at radius 3 is 2.07 bits per heavy atom. The summed E-state index contributed by atoms with van der Waals surface area (Å²) in [6, 6.07) is 8.41. The Hall–Kier alpha value is -3.22. The van der Waals surface area contributed by atoms with Crippen molar-refractivity contribution < 1.29 is 35.9 Å². The maximum absolute atomic E-state index is 12.8. The highest BCUT2D eigenvalue weighted by Crippen LogP contribution is 2.37. The van der Waals surface area contributed by atoms with E-state index >= 15 is 0 Å². The summed E-state index contributed by atoms with van der Waals surface area (Å²) in [7, 11) is 0. The van der Waals surface area contributed by atoms with Crippen LogP contribution in [0.4, 0.5) is 32.0 Å². The monoisotopic (exact) mass is 388 g/mol. The first-order chi connectivity index (χ1) is 12.5. The van der Waals surface area contributed by atoms with Gasteiger partial charge in [0, 0.05) is 5.69 Å². The van der Waals surface area contributed by atoms with Gasteiger partial charge in [0.05, 0.1) is 16.7 Å². The third-order valence-corrected chi connectivity index (χ3v) is 3.24. The second-order valence-corrected chi connectivity index (χ2v) is 5.24. The minimum atomic E-state index is -5.02. The zero-order valence-corrected chi connectivity index (χ0v) is 13.3. The van der Waals surface area contributed by atoms with Crippen molar-refractivity contribution in [1.82, 2.24) is 0 Å². The van der Waals surface area contributed by atoms with Gasteiger partial charge in [0.25, 0.3) is 5.91 Å². The predicted molar refractivity (Wildman–Crippen MR) is 81.7 cm³/mol. The molecule has 2 aromatic carbocycles. The summed E-state index contributed by atoms with van der Waals surface area (Å²) in [5.74, 6) is -0.939. The van der Waals surface area contributed by atoms with E-state index in [-0.39, 0.29) is 17.4 Å². The predicted octanol–water partition coefficient (Wildman–Crippen LogP) is 4.61. The Bertz CT molecular complexity index is 852. The van der Waals surface area contributed by atoms with Crippen LogP contribution in [0.2, 0.25) is 0 Å². The van der Waals surface area contributed by atoms with Gasteiger partial charge < -0.3 is 10.1 Å². The van der Waals surface area contributed by atoms with Crippen molar-refractivity contribution in [1.29, 1.82) is 5.26 Å². The summed E-state index contributed by atoms with van der Waals surface area (Å²) in [6.45, 7) is -0.712. The van der Waals surface area contributed by atoms with Crippen molar-refractivity contribution in [2.45, 2.75) is 12.4 Å². The van der Waals surface area contributed by atoms with Crippen LogP contribution < -0.4 is 10.1 Å². The number of nitriles is 1. The van der Waals surface area contributed by atoms with E-state index in [9.17, 15) is 31.1 Å². The molecule has 1 N–H and O–H groups in total. The number of para-hydroxylation sites is 1. The maximum Gasteiger partial charge on any atom is 0.416 e. The van der Waals surface area contributed by atoms with E-state index in [1.807, 2.05) is 11.4 Å². The molecule has 0 aliphatic carbocycles. The molecule has 142 valence electrons. The quantitative estimate of drug-likeness (QED) is 0.778. The molecule has 10 heteroatoms. The Labute approximate surface area is 149 Å². The first kappa shape index (κ1) is 20.1. The summed E-state index contributed by atoms with van der Waals surface area (Å²) in [5, 5.41) is 10.8. The van der Waals surface area contributed by atoms with Crippen molar-refractivity contribution in [2.75, 3.05) is 11.9 Å². The second kappa shape index (κ2) is 7.57. The largest absolute Gasteiger partial charge is 0.482 e. The van der Waals surface area contributed by atoms with E-state index < -0.39 is 41.7 Å². The number of benzene rings is 2.